The van der Waals surface area contributed by atoms with Gasteiger partial charge < -0.3 is 10.2 Å². The van der Waals surface area contributed by atoms with Gasteiger partial charge in [0, 0.05) is 13.2 Å². The molecule has 2 N–H and O–H groups in total. The van der Waals surface area contributed by atoms with E-state index in [1.54, 1.807) is 13.8 Å². The van der Waals surface area contributed by atoms with Crippen LogP contribution in [0.5, 0.6) is 0 Å². The Kier molecular flexibility index (Phi) is 99.0. The molecule has 0 aromatic carbocycles. The largest absolute Gasteiger partial charge is 0.397 e. The predicted molar refractivity (Wildman–Crippen MR) is 154 cm³/mol. The third-order valence-corrected chi connectivity index (χ3v) is 4.33. The minimum absolute atomic E-state index is 0.250. The van der Waals surface area contributed by atoms with Crippen LogP contribution in [0, 0.1) is 0 Å². The zero-order valence-corrected chi connectivity index (χ0v) is 25.0. The summed E-state index contributed by atoms with van der Waals surface area (Å²) in [6.45, 7) is 21.8. The fourth-order valence-electron chi connectivity index (χ4n) is 2.35. The van der Waals surface area contributed by atoms with E-state index in [1.807, 2.05) is 0 Å². The Morgan fingerprint density at radius 2 is 0.344 bits per heavy atom. The predicted octanol–water partition coefficient (Wildman–Crippen LogP) is 11.1. The maximum atomic E-state index is 7.57. The van der Waals surface area contributed by atoms with Crippen LogP contribution in [0.15, 0.2) is 0 Å². The molecular weight excluding hydrogens is 392 g/mol. The Labute approximate surface area is 208 Å². The molecule has 204 valence electrons. The second kappa shape index (κ2) is 69.8. The van der Waals surface area contributed by atoms with Crippen molar-refractivity contribution in [2.45, 2.75) is 185 Å². The maximum Gasteiger partial charge on any atom is 0.0402 e. The van der Waals surface area contributed by atoms with Crippen LogP contribution in [0.2, 0.25) is 0 Å². The van der Waals surface area contributed by atoms with Crippen molar-refractivity contribution in [2.75, 3.05) is 13.2 Å². The summed E-state index contributed by atoms with van der Waals surface area (Å²) < 4.78 is 0. The van der Waals surface area contributed by atoms with E-state index in [0.717, 1.165) is 0 Å². The fourth-order valence-corrected chi connectivity index (χ4v) is 2.35. The van der Waals surface area contributed by atoms with Gasteiger partial charge in [0.15, 0.2) is 0 Å². The van der Waals surface area contributed by atoms with Crippen molar-refractivity contribution in [1.29, 1.82) is 0 Å². The average molecular weight is 465 g/mol. The summed E-state index contributed by atoms with van der Waals surface area (Å²) in [5.74, 6) is 0. The highest BCUT2D eigenvalue weighted by Gasteiger charge is 1.81. The second-order valence-corrected chi connectivity index (χ2v) is 8.17. The lowest BCUT2D eigenvalue weighted by Gasteiger charge is -1.90. The maximum absolute atomic E-state index is 7.57. The van der Waals surface area contributed by atoms with Gasteiger partial charge >= 0.3 is 0 Å². The Morgan fingerprint density at radius 3 is 0.438 bits per heavy atom. The Balaban J connectivity index is -0.0000000652. The number of unbranched alkanes of at least 4 members (excludes halogenated alkanes) is 14. The lowest BCUT2D eigenvalue weighted by Crippen LogP contribution is -1.70. The molecule has 0 atom stereocenters. The van der Waals surface area contributed by atoms with Crippen molar-refractivity contribution in [3.8, 4) is 0 Å². The minimum Gasteiger partial charge on any atom is -0.397 e. The lowest BCUT2D eigenvalue weighted by molar-refractivity contribution is 0.318. The molecule has 0 saturated heterocycles. The molecule has 0 aliphatic carbocycles. The molecule has 0 aliphatic rings. The quantitative estimate of drug-likeness (QED) is 0.251. The van der Waals surface area contributed by atoms with E-state index in [0.29, 0.717) is 0 Å². The van der Waals surface area contributed by atoms with E-state index in [1.165, 1.54) is 116 Å². The topological polar surface area (TPSA) is 40.5 Å². The highest BCUT2D eigenvalue weighted by molar-refractivity contribution is 4.36. The first-order chi connectivity index (χ1) is 15.5. The van der Waals surface area contributed by atoms with Gasteiger partial charge in [0.25, 0.3) is 0 Å². The average Bonchev–Trinajstić information content (AvgIpc) is 2.79. The van der Waals surface area contributed by atoms with E-state index < -0.39 is 0 Å². The molecule has 0 unspecified atom stereocenters. The highest BCUT2D eigenvalue weighted by Crippen LogP contribution is 2.00. The van der Waals surface area contributed by atoms with Gasteiger partial charge in [0.1, 0.15) is 0 Å². The van der Waals surface area contributed by atoms with E-state index in [4.69, 9.17) is 10.2 Å². The summed E-state index contributed by atoms with van der Waals surface area (Å²) in [5, 5.41) is 15.1. The Morgan fingerprint density at radius 1 is 0.250 bits per heavy atom. The third kappa shape index (κ3) is 129. The van der Waals surface area contributed by atoms with Crippen LogP contribution in [0.3, 0.4) is 0 Å². The molecule has 0 spiro atoms. The number of aliphatic hydroxyl groups is 2. The number of hydrogen-bond acceptors (Lipinski definition) is 2. The molecule has 0 aromatic rings. The first-order valence-electron chi connectivity index (χ1n) is 14.7. The van der Waals surface area contributed by atoms with Gasteiger partial charge in [-0.15, -0.1) is 0 Å². The van der Waals surface area contributed by atoms with Crippen molar-refractivity contribution in [2.24, 2.45) is 0 Å². The molecule has 2 heteroatoms. The molecule has 0 aromatic heterocycles. The van der Waals surface area contributed by atoms with Crippen molar-refractivity contribution in [1.82, 2.24) is 0 Å². The van der Waals surface area contributed by atoms with E-state index in [2.05, 4.69) is 55.4 Å². The van der Waals surface area contributed by atoms with Gasteiger partial charge in [-0.1, -0.05) is 171 Å². The summed E-state index contributed by atoms with van der Waals surface area (Å²) in [5.41, 5.74) is 0. The monoisotopic (exact) mass is 465 g/mol. The zero-order valence-electron chi connectivity index (χ0n) is 25.0. The van der Waals surface area contributed by atoms with Gasteiger partial charge in [-0.3, -0.25) is 0 Å². The standard InChI is InChI=1S/2C7H16.2C6H14.2C2H6O/c2*1-3-5-7-6-4-2;2*1-3-5-6-4-2;2*1-2-3/h2*3-7H2,1-2H3;2*3-6H2,1-2H3;2*3H,2H2,1H3. The zero-order chi connectivity index (χ0) is 26.1. The molecule has 0 amide bonds. The summed E-state index contributed by atoms with van der Waals surface area (Å²) in [7, 11) is 0. The summed E-state index contributed by atoms with van der Waals surface area (Å²) in [6.07, 6.45) is 25.1. The third-order valence-electron chi connectivity index (χ3n) is 4.33. The molecule has 0 saturated carbocycles. The van der Waals surface area contributed by atoms with Gasteiger partial charge in [-0.2, -0.15) is 0 Å². The number of aliphatic hydroxyl groups excluding tert-OH is 2. The molecule has 0 heterocycles. The van der Waals surface area contributed by atoms with Crippen molar-refractivity contribution in [3.05, 3.63) is 0 Å². The molecular formula is C30H72O2. The van der Waals surface area contributed by atoms with Crippen LogP contribution in [0.25, 0.3) is 0 Å². The number of rotatable bonds is 14. The first kappa shape index (κ1) is 45.4. The first-order valence-corrected chi connectivity index (χ1v) is 14.7. The highest BCUT2D eigenvalue weighted by atomic mass is 16.3. The smallest absolute Gasteiger partial charge is 0.0402 e. The minimum atomic E-state index is 0.250. The normalized spacial score (nSPS) is 8.62. The molecule has 32 heavy (non-hydrogen) atoms. The fraction of sp³-hybridized carbons (Fsp3) is 1.00. The molecule has 0 radical (unpaired) electrons. The summed E-state index contributed by atoms with van der Waals surface area (Å²) in [6, 6.07) is 0. The van der Waals surface area contributed by atoms with Crippen LogP contribution in [-0.4, -0.2) is 23.4 Å². The molecule has 2 nitrogen and oxygen atoms in total. The van der Waals surface area contributed by atoms with Gasteiger partial charge in [0.05, 0.1) is 0 Å². The van der Waals surface area contributed by atoms with Crippen molar-refractivity contribution in [3.63, 3.8) is 0 Å². The molecule has 0 bridgehead atoms. The van der Waals surface area contributed by atoms with Gasteiger partial charge in [-0.05, 0) is 13.8 Å². The summed E-state index contributed by atoms with van der Waals surface area (Å²) in [4.78, 5) is 0. The van der Waals surface area contributed by atoms with Crippen LogP contribution in [0.1, 0.15) is 185 Å². The van der Waals surface area contributed by atoms with E-state index in [-0.39, 0.29) is 13.2 Å². The molecule has 0 rings (SSSR count). The van der Waals surface area contributed by atoms with Crippen LogP contribution >= 0.6 is 0 Å². The van der Waals surface area contributed by atoms with E-state index in [9.17, 15) is 0 Å². The van der Waals surface area contributed by atoms with E-state index >= 15 is 0 Å². The van der Waals surface area contributed by atoms with Gasteiger partial charge in [-0.25, -0.2) is 0 Å². The van der Waals surface area contributed by atoms with Crippen LogP contribution in [-0.2, 0) is 0 Å². The second-order valence-electron chi connectivity index (χ2n) is 8.17. The lowest BCUT2D eigenvalue weighted by atomic mass is 10.2. The molecule has 0 fully saturated rings. The summed E-state index contributed by atoms with van der Waals surface area (Å²) >= 11 is 0. The van der Waals surface area contributed by atoms with Crippen LogP contribution in [0.4, 0.5) is 0 Å². The Hall–Kier alpha value is -0.0800. The molecule has 0 aliphatic heterocycles. The SMILES string of the molecule is CCCCCC.CCCCCC.CCCCCCC.CCCCCCC.CCO.CCO. The van der Waals surface area contributed by atoms with Crippen molar-refractivity contribution < 1.29 is 10.2 Å². The van der Waals surface area contributed by atoms with Crippen molar-refractivity contribution >= 4 is 0 Å². The van der Waals surface area contributed by atoms with Crippen LogP contribution < -0.4 is 0 Å². The number of hydrogen-bond donors (Lipinski definition) is 2. The van der Waals surface area contributed by atoms with Gasteiger partial charge in [0.2, 0.25) is 0 Å². The Bertz CT molecular complexity index is 148.